The third kappa shape index (κ3) is 5.87. The SMILES string of the molecule is CC(C)(C)SCC(O)Cc1cncc(Br)c1. The van der Waals surface area contributed by atoms with Crippen molar-refractivity contribution in [3.05, 3.63) is 28.5 Å². The summed E-state index contributed by atoms with van der Waals surface area (Å²) in [5.74, 6) is 0.760. The highest BCUT2D eigenvalue weighted by Gasteiger charge is 2.14. The molecule has 2 nitrogen and oxygen atoms in total. The van der Waals surface area contributed by atoms with Crippen molar-refractivity contribution in [2.24, 2.45) is 0 Å². The average Bonchev–Trinajstić information content (AvgIpc) is 2.14. The zero-order valence-electron chi connectivity index (χ0n) is 9.90. The third-order valence-corrected chi connectivity index (χ3v) is 3.79. The van der Waals surface area contributed by atoms with Crippen LogP contribution in [0.1, 0.15) is 26.3 Å². The fourth-order valence-electron chi connectivity index (χ4n) is 1.24. The van der Waals surface area contributed by atoms with Crippen LogP contribution in [-0.2, 0) is 6.42 Å². The van der Waals surface area contributed by atoms with E-state index in [4.69, 9.17) is 0 Å². The molecule has 1 aromatic rings. The summed E-state index contributed by atoms with van der Waals surface area (Å²) >= 11 is 5.16. The number of aliphatic hydroxyl groups excluding tert-OH is 1. The van der Waals surface area contributed by atoms with E-state index in [1.54, 1.807) is 24.2 Å². The molecule has 1 aromatic heterocycles. The molecule has 0 radical (unpaired) electrons. The van der Waals surface area contributed by atoms with E-state index >= 15 is 0 Å². The van der Waals surface area contributed by atoms with Crippen LogP contribution in [-0.4, -0.2) is 26.7 Å². The van der Waals surface area contributed by atoms with E-state index in [0.29, 0.717) is 6.42 Å². The lowest BCUT2D eigenvalue weighted by molar-refractivity contribution is 0.199. The summed E-state index contributed by atoms with van der Waals surface area (Å²) in [6.45, 7) is 6.47. The Morgan fingerprint density at radius 2 is 2.12 bits per heavy atom. The van der Waals surface area contributed by atoms with Crippen molar-refractivity contribution in [2.45, 2.75) is 38.0 Å². The first-order valence-electron chi connectivity index (χ1n) is 5.28. The molecular weight excluding hydrogens is 286 g/mol. The number of aromatic nitrogens is 1. The molecule has 0 saturated carbocycles. The van der Waals surface area contributed by atoms with E-state index in [-0.39, 0.29) is 10.9 Å². The minimum atomic E-state index is -0.305. The summed E-state index contributed by atoms with van der Waals surface area (Å²) in [5, 5.41) is 9.89. The molecular formula is C12H18BrNOS. The summed E-state index contributed by atoms with van der Waals surface area (Å²) in [4.78, 5) is 4.08. The second-order valence-electron chi connectivity index (χ2n) is 4.79. The lowest BCUT2D eigenvalue weighted by Crippen LogP contribution is -2.18. The van der Waals surface area contributed by atoms with Crippen molar-refractivity contribution < 1.29 is 5.11 Å². The van der Waals surface area contributed by atoms with Gasteiger partial charge in [0.2, 0.25) is 0 Å². The highest BCUT2D eigenvalue weighted by Crippen LogP contribution is 2.24. The number of rotatable bonds is 4. The van der Waals surface area contributed by atoms with Crippen LogP contribution in [0.25, 0.3) is 0 Å². The number of hydrogen-bond donors (Lipinski definition) is 1. The molecule has 90 valence electrons. The number of halogens is 1. The van der Waals surface area contributed by atoms with Gasteiger partial charge in [-0.15, -0.1) is 0 Å². The van der Waals surface area contributed by atoms with Crippen LogP contribution < -0.4 is 0 Å². The second kappa shape index (κ2) is 6.03. The van der Waals surface area contributed by atoms with E-state index in [9.17, 15) is 5.11 Å². The number of hydrogen-bond acceptors (Lipinski definition) is 3. The van der Waals surface area contributed by atoms with Crippen molar-refractivity contribution in [2.75, 3.05) is 5.75 Å². The zero-order valence-corrected chi connectivity index (χ0v) is 12.3. The van der Waals surface area contributed by atoms with Gasteiger partial charge in [-0.2, -0.15) is 11.8 Å². The Morgan fingerprint density at radius 3 is 2.69 bits per heavy atom. The van der Waals surface area contributed by atoms with E-state index in [1.807, 2.05) is 6.07 Å². The van der Waals surface area contributed by atoms with Gasteiger partial charge in [0.05, 0.1) is 6.10 Å². The van der Waals surface area contributed by atoms with Gasteiger partial charge in [-0.3, -0.25) is 4.98 Å². The van der Waals surface area contributed by atoms with Crippen molar-refractivity contribution in [3.8, 4) is 0 Å². The summed E-state index contributed by atoms with van der Waals surface area (Å²) < 4.78 is 1.16. The van der Waals surface area contributed by atoms with Gasteiger partial charge >= 0.3 is 0 Å². The molecule has 4 heteroatoms. The second-order valence-corrected chi connectivity index (χ2v) is 7.56. The summed E-state index contributed by atoms with van der Waals surface area (Å²) in [5.41, 5.74) is 1.07. The van der Waals surface area contributed by atoms with Gasteiger partial charge < -0.3 is 5.11 Å². The summed E-state index contributed by atoms with van der Waals surface area (Å²) in [6.07, 6.45) is 3.91. The van der Waals surface area contributed by atoms with Crippen molar-refractivity contribution in [1.82, 2.24) is 4.98 Å². The van der Waals surface area contributed by atoms with E-state index in [2.05, 4.69) is 41.7 Å². The zero-order chi connectivity index (χ0) is 12.2. The Bertz CT molecular complexity index is 338. The van der Waals surface area contributed by atoms with Crippen molar-refractivity contribution in [3.63, 3.8) is 0 Å². The average molecular weight is 304 g/mol. The number of nitrogens with zero attached hydrogens (tertiary/aromatic N) is 1. The maximum atomic E-state index is 9.89. The van der Waals surface area contributed by atoms with Crippen LogP contribution >= 0.6 is 27.7 Å². The molecule has 1 unspecified atom stereocenters. The van der Waals surface area contributed by atoms with Gasteiger partial charge in [-0.25, -0.2) is 0 Å². The van der Waals surface area contributed by atoms with Crippen LogP contribution in [0.4, 0.5) is 0 Å². The van der Waals surface area contributed by atoms with Crippen LogP contribution in [0.5, 0.6) is 0 Å². The Morgan fingerprint density at radius 1 is 1.44 bits per heavy atom. The number of thioether (sulfide) groups is 1. The van der Waals surface area contributed by atoms with Crippen LogP contribution in [0.2, 0.25) is 0 Å². The Balaban J connectivity index is 2.43. The molecule has 1 atom stereocenters. The van der Waals surface area contributed by atoms with Gasteiger partial charge in [0, 0.05) is 33.8 Å². The normalized spacial score (nSPS) is 13.8. The monoisotopic (exact) mass is 303 g/mol. The lowest BCUT2D eigenvalue weighted by Gasteiger charge is -2.20. The topological polar surface area (TPSA) is 33.1 Å². The molecule has 16 heavy (non-hydrogen) atoms. The first-order chi connectivity index (χ1) is 7.37. The van der Waals surface area contributed by atoms with Crippen molar-refractivity contribution in [1.29, 1.82) is 0 Å². The van der Waals surface area contributed by atoms with E-state index < -0.39 is 0 Å². The van der Waals surface area contributed by atoms with Gasteiger partial charge in [-0.05, 0) is 27.6 Å². The molecule has 0 amide bonds. The largest absolute Gasteiger partial charge is 0.392 e. The van der Waals surface area contributed by atoms with E-state index in [0.717, 1.165) is 15.8 Å². The molecule has 1 N–H and O–H groups in total. The van der Waals surface area contributed by atoms with Gasteiger partial charge in [0.1, 0.15) is 0 Å². The molecule has 0 fully saturated rings. The maximum absolute atomic E-state index is 9.89. The molecule has 1 heterocycles. The summed E-state index contributed by atoms with van der Waals surface area (Å²) in [6, 6.07) is 2.00. The molecule has 1 rings (SSSR count). The predicted molar refractivity (Wildman–Crippen MR) is 73.9 cm³/mol. The smallest absolute Gasteiger partial charge is 0.0671 e. The van der Waals surface area contributed by atoms with Crippen LogP contribution in [0.3, 0.4) is 0 Å². The quantitative estimate of drug-likeness (QED) is 0.926. The maximum Gasteiger partial charge on any atom is 0.0671 e. The third-order valence-electron chi connectivity index (χ3n) is 1.94. The molecule has 0 aliphatic carbocycles. The fraction of sp³-hybridized carbons (Fsp3) is 0.583. The predicted octanol–water partition coefficient (Wildman–Crippen LogP) is 3.28. The molecule has 0 bridgehead atoms. The fourth-order valence-corrected chi connectivity index (χ4v) is 2.47. The van der Waals surface area contributed by atoms with Gasteiger partial charge in [0.25, 0.3) is 0 Å². The first kappa shape index (κ1) is 14.0. The highest BCUT2D eigenvalue weighted by molar-refractivity contribution is 9.10. The van der Waals surface area contributed by atoms with E-state index in [1.165, 1.54) is 0 Å². The minimum Gasteiger partial charge on any atom is -0.392 e. The highest BCUT2D eigenvalue weighted by atomic mass is 79.9. The molecule has 0 aliphatic heterocycles. The lowest BCUT2D eigenvalue weighted by atomic mass is 10.1. The van der Waals surface area contributed by atoms with Gasteiger partial charge in [-0.1, -0.05) is 20.8 Å². The van der Waals surface area contributed by atoms with Crippen LogP contribution in [0, 0.1) is 0 Å². The Labute approximate surface area is 110 Å². The first-order valence-corrected chi connectivity index (χ1v) is 7.06. The Kier molecular flexibility index (Phi) is 5.28. The van der Waals surface area contributed by atoms with Crippen molar-refractivity contribution >= 4 is 27.7 Å². The number of pyridine rings is 1. The Hall–Kier alpha value is -0.0600. The van der Waals surface area contributed by atoms with Gasteiger partial charge in [0.15, 0.2) is 0 Å². The standard InChI is InChI=1S/C12H18BrNOS/c1-12(2,3)16-8-11(15)5-9-4-10(13)7-14-6-9/h4,6-7,11,15H,5,8H2,1-3H3. The molecule has 0 aliphatic rings. The summed E-state index contributed by atoms with van der Waals surface area (Å²) in [7, 11) is 0. The molecule has 0 spiro atoms. The minimum absolute atomic E-state index is 0.205. The molecule has 0 saturated heterocycles. The number of aliphatic hydroxyl groups is 1. The van der Waals surface area contributed by atoms with Crippen LogP contribution in [0.15, 0.2) is 22.9 Å². The molecule has 0 aromatic carbocycles.